The number of amides is 2. The van der Waals surface area contributed by atoms with Crippen LogP contribution in [0.15, 0.2) is 36.4 Å². The van der Waals surface area contributed by atoms with E-state index in [1.807, 2.05) is 28.0 Å². The maximum Gasteiger partial charge on any atom is 0.232 e. The number of piperidine rings is 1. The Labute approximate surface area is 169 Å². The minimum Gasteiger partial charge on any atom is -0.340 e. The number of nitrogens with zero attached hydrogens (tertiary/aromatic N) is 3. The van der Waals surface area contributed by atoms with Gasteiger partial charge < -0.3 is 9.80 Å². The number of hydrogen-bond donors (Lipinski definition) is 0. The molecule has 1 unspecified atom stereocenters. The Kier molecular flexibility index (Phi) is 7.66. The lowest BCUT2D eigenvalue weighted by Gasteiger charge is -2.37. The molecule has 3 rings (SSSR count). The van der Waals surface area contributed by atoms with Crippen LogP contribution in [0.2, 0.25) is 0 Å². The summed E-state index contributed by atoms with van der Waals surface area (Å²) < 4.78 is 0. The Morgan fingerprint density at radius 1 is 1.00 bits per heavy atom. The summed E-state index contributed by atoms with van der Waals surface area (Å²) in [5, 5.41) is 0. The van der Waals surface area contributed by atoms with Gasteiger partial charge in [-0.2, -0.15) is 0 Å². The first kappa shape index (κ1) is 20.6. The van der Waals surface area contributed by atoms with Gasteiger partial charge in [0.05, 0.1) is 0 Å². The second kappa shape index (κ2) is 10.4. The fraction of sp³-hybridized carbons (Fsp3) is 0.565. The molecule has 2 aliphatic heterocycles. The predicted molar refractivity (Wildman–Crippen MR) is 113 cm³/mol. The molecule has 1 atom stereocenters. The van der Waals surface area contributed by atoms with Crippen LogP contribution in [0.25, 0.3) is 6.08 Å². The van der Waals surface area contributed by atoms with Gasteiger partial charge in [0.25, 0.3) is 0 Å². The number of carbonyl (C=O) groups is 2. The Bertz CT molecular complexity index is 666. The molecule has 0 aromatic heterocycles. The van der Waals surface area contributed by atoms with Crippen LogP contribution in [0.3, 0.4) is 0 Å². The zero-order valence-electron chi connectivity index (χ0n) is 17.1. The quantitative estimate of drug-likeness (QED) is 0.709. The Hall–Kier alpha value is -2.14. The summed E-state index contributed by atoms with van der Waals surface area (Å²) >= 11 is 0. The zero-order chi connectivity index (χ0) is 19.8. The highest BCUT2D eigenvalue weighted by atomic mass is 16.2. The molecule has 1 aromatic carbocycles. The highest BCUT2D eigenvalue weighted by molar-refractivity contribution is 5.97. The molecule has 0 bridgehead atoms. The lowest BCUT2D eigenvalue weighted by molar-refractivity contribution is -0.143. The summed E-state index contributed by atoms with van der Waals surface area (Å²) in [6.07, 6.45) is 8.66. The van der Waals surface area contributed by atoms with Gasteiger partial charge in [0.15, 0.2) is 0 Å². The third kappa shape index (κ3) is 5.68. The highest BCUT2D eigenvalue weighted by Gasteiger charge is 2.29. The molecule has 2 saturated heterocycles. The number of likely N-dealkylation sites (tertiary alicyclic amines) is 1. The Morgan fingerprint density at radius 2 is 1.75 bits per heavy atom. The van der Waals surface area contributed by atoms with Crippen molar-refractivity contribution >= 4 is 17.9 Å². The van der Waals surface area contributed by atoms with Gasteiger partial charge in [0.2, 0.25) is 11.8 Å². The first-order valence-corrected chi connectivity index (χ1v) is 10.7. The summed E-state index contributed by atoms with van der Waals surface area (Å²) in [4.78, 5) is 31.4. The Balaban J connectivity index is 1.41. The van der Waals surface area contributed by atoms with Crippen LogP contribution in [-0.4, -0.2) is 71.8 Å². The Morgan fingerprint density at radius 3 is 2.46 bits per heavy atom. The zero-order valence-corrected chi connectivity index (χ0v) is 17.1. The lowest BCUT2D eigenvalue weighted by Crippen LogP contribution is -2.50. The van der Waals surface area contributed by atoms with Crippen molar-refractivity contribution in [3.63, 3.8) is 0 Å². The van der Waals surface area contributed by atoms with Crippen molar-refractivity contribution in [2.45, 2.75) is 45.1 Å². The molecular weight excluding hydrogens is 350 g/mol. The van der Waals surface area contributed by atoms with E-state index in [1.54, 1.807) is 0 Å². The van der Waals surface area contributed by atoms with Crippen molar-refractivity contribution in [3.8, 4) is 0 Å². The van der Waals surface area contributed by atoms with Crippen LogP contribution in [0.1, 0.15) is 44.6 Å². The third-order valence-corrected chi connectivity index (χ3v) is 5.92. The molecule has 152 valence electrons. The van der Waals surface area contributed by atoms with E-state index in [4.69, 9.17) is 0 Å². The highest BCUT2D eigenvalue weighted by Crippen LogP contribution is 2.20. The van der Waals surface area contributed by atoms with E-state index < -0.39 is 0 Å². The molecule has 0 saturated carbocycles. The molecule has 1 aromatic rings. The van der Waals surface area contributed by atoms with Crippen LogP contribution in [-0.2, 0) is 9.59 Å². The van der Waals surface area contributed by atoms with E-state index in [0.29, 0.717) is 19.1 Å². The fourth-order valence-corrected chi connectivity index (χ4v) is 4.18. The van der Waals surface area contributed by atoms with E-state index >= 15 is 0 Å². The molecule has 0 aliphatic carbocycles. The van der Waals surface area contributed by atoms with E-state index in [9.17, 15) is 9.59 Å². The normalized spacial score (nSPS) is 21.2. The van der Waals surface area contributed by atoms with Crippen molar-refractivity contribution < 1.29 is 9.59 Å². The summed E-state index contributed by atoms with van der Waals surface area (Å²) in [5.74, 6) is 0.00896. The monoisotopic (exact) mass is 383 g/mol. The van der Waals surface area contributed by atoms with Gasteiger partial charge in [-0.25, -0.2) is 0 Å². The minimum absolute atomic E-state index is 0.00935. The van der Waals surface area contributed by atoms with Gasteiger partial charge in [0, 0.05) is 45.3 Å². The number of rotatable bonds is 6. The van der Waals surface area contributed by atoms with Gasteiger partial charge in [-0.1, -0.05) is 49.4 Å². The van der Waals surface area contributed by atoms with E-state index in [-0.39, 0.29) is 18.2 Å². The van der Waals surface area contributed by atoms with Crippen molar-refractivity contribution in [3.05, 3.63) is 42.0 Å². The van der Waals surface area contributed by atoms with E-state index in [0.717, 1.165) is 45.4 Å². The molecule has 0 spiro atoms. The third-order valence-electron chi connectivity index (χ3n) is 5.92. The van der Waals surface area contributed by atoms with Crippen LogP contribution in [0.5, 0.6) is 0 Å². The average molecular weight is 384 g/mol. The maximum atomic E-state index is 12.6. The van der Waals surface area contributed by atoms with Crippen molar-refractivity contribution in [2.24, 2.45) is 0 Å². The van der Waals surface area contributed by atoms with Crippen LogP contribution >= 0.6 is 0 Å². The second-order valence-corrected chi connectivity index (χ2v) is 7.82. The predicted octanol–water partition coefficient (Wildman–Crippen LogP) is 3.03. The molecule has 0 radical (unpaired) electrons. The first-order valence-electron chi connectivity index (χ1n) is 10.7. The van der Waals surface area contributed by atoms with Gasteiger partial charge in [0.1, 0.15) is 6.42 Å². The number of benzene rings is 1. The number of piperazine rings is 1. The van der Waals surface area contributed by atoms with Gasteiger partial charge in [-0.3, -0.25) is 14.5 Å². The second-order valence-electron chi connectivity index (χ2n) is 7.82. The number of carbonyl (C=O) groups excluding carboxylic acids is 2. The molecule has 5 heteroatoms. The minimum atomic E-state index is -0.00935. The van der Waals surface area contributed by atoms with Gasteiger partial charge >= 0.3 is 0 Å². The van der Waals surface area contributed by atoms with Crippen LogP contribution < -0.4 is 0 Å². The molecule has 5 nitrogen and oxygen atoms in total. The summed E-state index contributed by atoms with van der Waals surface area (Å²) in [7, 11) is 0. The summed E-state index contributed by atoms with van der Waals surface area (Å²) in [6, 6.07) is 10.6. The van der Waals surface area contributed by atoms with E-state index in [2.05, 4.69) is 36.1 Å². The topological polar surface area (TPSA) is 43.9 Å². The van der Waals surface area contributed by atoms with Crippen molar-refractivity contribution in [1.29, 1.82) is 0 Å². The van der Waals surface area contributed by atoms with Crippen molar-refractivity contribution in [1.82, 2.24) is 14.7 Å². The summed E-state index contributed by atoms with van der Waals surface area (Å²) in [6.45, 7) is 6.98. The SMILES string of the molecule is CCC1CCCCN1C(=O)CC(=O)N1CCN(C/C=C/c2ccccc2)CC1. The average Bonchev–Trinajstić information content (AvgIpc) is 2.75. The van der Waals surface area contributed by atoms with Crippen LogP contribution in [0, 0.1) is 0 Å². The molecule has 28 heavy (non-hydrogen) atoms. The standard InChI is InChI=1S/C23H33N3O2/c1-2-21-12-6-7-14-26(21)23(28)19-22(27)25-17-15-24(16-18-25)13-8-11-20-9-4-3-5-10-20/h3-5,8-11,21H,2,6-7,12-19H2,1H3/b11-8+. The smallest absolute Gasteiger partial charge is 0.232 e. The van der Waals surface area contributed by atoms with Gasteiger partial charge in [-0.05, 0) is 31.2 Å². The summed E-state index contributed by atoms with van der Waals surface area (Å²) in [5.41, 5.74) is 1.21. The maximum absolute atomic E-state index is 12.6. The fourth-order valence-electron chi connectivity index (χ4n) is 4.18. The molecule has 2 aliphatic rings. The van der Waals surface area contributed by atoms with Crippen LogP contribution in [0.4, 0.5) is 0 Å². The molecule has 0 N–H and O–H groups in total. The lowest BCUT2D eigenvalue weighted by atomic mass is 9.99. The van der Waals surface area contributed by atoms with E-state index in [1.165, 1.54) is 12.0 Å². The first-order chi connectivity index (χ1) is 13.7. The largest absolute Gasteiger partial charge is 0.340 e. The molecular formula is C23H33N3O2. The number of hydrogen-bond acceptors (Lipinski definition) is 3. The molecule has 2 fully saturated rings. The van der Waals surface area contributed by atoms with Crippen molar-refractivity contribution in [2.75, 3.05) is 39.3 Å². The molecule has 2 heterocycles. The molecule has 2 amide bonds. The van der Waals surface area contributed by atoms with Gasteiger partial charge in [-0.15, -0.1) is 0 Å².